The van der Waals surface area contributed by atoms with Crippen molar-refractivity contribution in [2.24, 2.45) is 0 Å². The van der Waals surface area contributed by atoms with Crippen LogP contribution in [0.4, 0.5) is 0 Å². The minimum atomic E-state index is -0.488. The Hall–Kier alpha value is -0.920. The van der Waals surface area contributed by atoms with Crippen LogP contribution in [0.5, 0.6) is 0 Å². The molecule has 2 rings (SSSR count). The van der Waals surface area contributed by atoms with E-state index < -0.39 is 6.10 Å². The van der Waals surface area contributed by atoms with Crippen LogP contribution in [0.2, 0.25) is 0 Å². The molecule has 1 fully saturated rings. The van der Waals surface area contributed by atoms with Gasteiger partial charge in [0.15, 0.2) is 6.10 Å². The quantitative estimate of drug-likeness (QED) is 0.767. The van der Waals surface area contributed by atoms with Crippen molar-refractivity contribution in [3.8, 4) is 0 Å². The fourth-order valence-electron chi connectivity index (χ4n) is 2.19. The molecule has 0 N–H and O–H groups in total. The van der Waals surface area contributed by atoms with Gasteiger partial charge in [-0.2, -0.15) is 5.10 Å². The van der Waals surface area contributed by atoms with Gasteiger partial charge in [-0.3, -0.25) is 9.58 Å². The van der Waals surface area contributed by atoms with E-state index in [2.05, 4.69) is 25.9 Å². The second-order valence-corrected chi connectivity index (χ2v) is 5.56. The molecule has 1 aromatic heterocycles. The average molecular weight is 332 g/mol. The van der Waals surface area contributed by atoms with Crippen molar-refractivity contribution < 1.29 is 14.3 Å². The molecule has 6 nitrogen and oxygen atoms in total. The molecule has 0 aromatic carbocycles. The van der Waals surface area contributed by atoms with Gasteiger partial charge < -0.3 is 9.47 Å². The van der Waals surface area contributed by atoms with Crippen molar-refractivity contribution in [3.63, 3.8) is 0 Å². The standard InChI is InChI=1S/C12H18BrN3O3/c1-9-6-15(8-11(19-9)12(17)18-2)3-4-16-7-10(13)5-14-16/h5,7,9,11H,3-4,6,8H2,1-2H3/t9-,11?/m1/s1. The van der Waals surface area contributed by atoms with Gasteiger partial charge in [0.2, 0.25) is 0 Å². The number of methoxy groups -OCH3 is 1. The second kappa shape index (κ2) is 6.49. The van der Waals surface area contributed by atoms with E-state index in [4.69, 9.17) is 9.47 Å². The van der Waals surface area contributed by atoms with Crippen molar-refractivity contribution in [1.82, 2.24) is 14.7 Å². The van der Waals surface area contributed by atoms with E-state index in [-0.39, 0.29) is 12.1 Å². The first-order valence-corrected chi connectivity index (χ1v) is 7.01. The van der Waals surface area contributed by atoms with Gasteiger partial charge in [0.05, 0.1) is 30.4 Å². The summed E-state index contributed by atoms with van der Waals surface area (Å²) in [7, 11) is 1.39. The number of carbonyl (C=O) groups is 1. The van der Waals surface area contributed by atoms with E-state index in [1.165, 1.54) is 7.11 Å². The van der Waals surface area contributed by atoms with Gasteiger partial charge in [-0.15, -0.1) is 0 Å². The van der Waals surface area contributed by atoms with Crippen LogP contribution in [-0.4, -0.2) is 59.6 Å². The maximum absolute atomic E-state index is 11.5. The van der Waals surface area contributed by atoms with Crippen LogP contribution >= 0.6 is 15.9 Å². The Bertz CT molecular complexity index is 438. The molecule has 2 heterocycles. The number of rotatable bonds is 4. The molecule has 2 atom stereocenters. The van der Waals surface area contributed by atoms with Gasteiger partial charge in [0, 0.05) is 25.8 Å². The number of nitrogens with zero attached hydrogens (tertiary/aromatic N) is 3. The van der Waals surface area contributed by atoms with Crippen molar-refractivity contribution in [1.29, 1.82) is 0 Å². The molecule has 0 saturated carbocycles. The number of hydrogen-bond acceptors (Lipinski definition) is 5. The number of hydrogen-bond donors (Lipinski definition) is 0. The monoisotopic (exact) mass is 331 g/mol. The summed E-state index contributed by atoms with van der Waals surface area (Å²) in [6.07, 6.45) is 3.24. The highest BCUT2D eigenvalue weighted by molar-refractivity contribution is 9.10. The third-order valence-electron chi connectivity index (χ3n) is 3.05. The predicted molar refractivity (Wildman–Crippen MR) is 72.7 cm³/mol. The summed E-state index contributed by atoms with van der Waals surface area (Å²) in [5.41, 5.74) is 0. The topological polar surface area (TPSA) is 56.6 Å². The lowest BCUT2D eigenvalue weighted by atomic mass is 10.2. The summed E-state index contributed by atoms with van der Waals surface area (Å²) in [4.78, 5) is 13.7. The first-order chi connectivity index (χ1) is 9.08. The second-order valence-electron chi connectivity index (χ2n) is 4.64. The fourth-order valence-corrected chi connectivity index (χ4v) is 2.52. The Labute approximate surface area is 120 Å². The summed E-state index contributed by atoms with van der Waals surface area (Å²) in [6, 6.07) is 0. The van der Waals surface area contributed by atoms with E-state index in [9.17, 15) is 4.79 Å². The van der Waals surface area contributed by atoms with Crippen LogP contribution in [0.3, 0.4) is 0 Å². The van der Waals surface area contributed by atoms with Gasteiger partial charge in [-0.05, 0) is 22.9 Å². The molecule has 1 aliphatic rings. The number of esters is 1. The Morgan fingerprint density at radius 1 is 1.58 bits per heavy atom. The fraction of sp³-hybridized carbons (Fsp3) is 0.667. The summed E-state index contributed by atoms with van der Waals surface area (Å²) in [6.45, 7) is 4.96. The minimum Gasteiger partial charge on any atom is -0.467 e. The predicted octanol–water partition coefficient (Wildman–Crippen LogP) is 0.908. The maximum atomic E-state index is 11.5. The zero-order valence-electron chi connectivity index (χ0n) is 11.1. The van der Waals surface area contributed by atoms with Crippen molar-refractivity contribution in [2.45, 2.75) is 25.7 Å². The lowest BCUT2D eigenvalue weighted by molar-refractivity contribution is -0.166. The highest BCUT2D eigenvalue weighted by atomic mass is 79.9. The van der Waals surface area contributed by atoms with Gasteiger partial charge >= 0.3 is 5.97 Å². The molecular weight excluding hydrogens is 314 g/mol. The van der Waals surface area contributed by atoms with E-state index in [1.807, 2.05) is 17.8 Å². The van der Waals surface area contributed by atoms with Crippen LogP contribution in [0.15, 0.2) is 16.9 Å². The highest BCUT2D eigenvalue weighted by Crippen LogP contribution is 2.13. The molecule has 0 radical (unpaired) electrons. The number of morpholine rings is 1. The zero-order chi connectivity index (χ0) is 13.8. The molecule has 1 saturated heterocycles. The van der Waals surface area contributed by atoms with Crippen LogP contribution in [0.1, 0.15) is 6.92 Å². The molecule has 1 unspecified atom stereocenters. The van der Waals surface area contributed by atoms with Gasteiger partial charge in [-0.25, -0.2) is 4.79 Å². The van der Waals surface area contributed by atoms with E-state index in [0.29, 0.717) is 6.54 Å². The molecule has 7 heteroatoms. The summed E-state index contributed by atoms with van der Waals surface area (Å²) in [5.74, 6) is -0.307. The molecule has 0 aliphatic carbocycles. The van der Waals surface area contributed by atoms with Gasteiger partial charge in [-0.1, -0.05) is 0 Å². The summed E-state index contributed by atoms with van der Waals surface area (Å²) in [5, 5.41) is 4.21. The highest BCUT2D eigenvalue weighted by Gasteiger charge is 2.30. The molecular formula is C12H18BrN3O3. The Balaban J connectivity index is 1.87. The third-order valence-corrected chi connectivity index (χ3v) is 3.46. The van der Waals surface area contributed by atoms with Gasteiger partial charge in [0.25, 0.3) is 0 Å². The SMILES string of the molecule is COC(=O)C1CN(CCn2cc(Br)cn2)C[C@@H](C)O1. The van der Waals surface area contributed by atoms with E-state index in [0.717, 1.165) is 24.1 Å². The number of halogens is 1. The Kier molecular flexibility index (Phi) is 4.95. The largest absolute Gasteiger partial charge is 0.467 e. The lowest BCUT2D eigenvalue weighted by Gasteiger charge is -2.35. The Morgan fingerprint density at radius 2 is 2.37 bits per heavy atom. The van der Waals surface area contributed by atoms with E-state index in [1.54, 1.807) is 6.20 Å². The molecule has 1 aromatic rings. The molecule has 0 spiro atoms. The summed E-state index contributed by atoms with van der Waals surface area (Å²) < 4.78 is 13.2. The summed E-state index contributed by atoms with van der Waals surface area (Å²) >= 11 is 3.37. The first kappa shape index (κ1) is 14.5. The molecule has 106 valence electrons. The van der Waals surface area contributed by atoms with Crippen molar-refractivity contribution in [2.75, 3.05) is 26.7 Å². The maximum Gasteiger partial charge on any atom is 0.336 e. The van der Waals surface area contributed by atoms with Crippen molar-refractivity contribution >= 4 is 21.9 Å². The molecule has 1 aliphatic heterocycles. The van der Waals surface area contributed by atoms with Crippen molar-refractivity contribution in [3.05, 3.63) is 16.9 Å². The molecule has 19 heavy (non-hydrogen) atoms. The first-order valence-electron chi connectivity index (χ1n) is 6.22. The molecule has 0 amide bonds. The zero-order valence-corrected chi connectivity index (χ0v) is 12.7. The van der Waals surface area contributed by atoms with Crippen LogP contribution < -0.4 is 0 Å². The number of ether oxygens (including phenoxy) is 2. The lowest BCUT2D eigenvalue weighted by Crippen LogP contribution is -2.50. The number of aromatic nitrogens is 2. The third kappa shape index (κ3) is 4.02. The minimum absolute atomic E-state index is 0.0298. The van der Waals surface area contributed by atoms with E-state index >= 15 is 0 Å². The van der Waals surface area contributed by atoms with Crippen LogP contribution in [0, 0.1) is 0 Å². The van der Waals surface area contributed by atoms with Crippen LogP contribution in [-0.2, 0) is 20.8 Å². The number of carbonyl (C=O) groups excluding carboxylic acids is 1. The average Bonchev–Trinajstić information content (AvgIpc) is 2.80. The smallest absolute Gasteiger partial charge is 0.336 e. The van der Waals surface area contributed by atoms with Crippen LogP contribution in [0.25, 0.3) is 0 Å². The van der Waals surface area contributed by atoms with Gasteiger partial charge in [0.1, 0.15) is 0 Å². The molecule has 0 bridgehead atoms. The normalized spacial score (nSPS) is 24.4. The Morgan fingerprint density at radius 3 is 3.00 bits per heavy atom.